The van der Waals surface area contributed by atoms with Gasteiger partial charge in [-0.3, -0.25) is 0 Å². The second-order valence-electron chi connectivity index (χ2n) is 5.76. The number of carbonyl (C=O) groups excluding carboxylic acids is 1. The minimum absolute atomic E-state index is 0.00849. The minimum Gasteiger partial charge on any atom is -0.497 e. The van der Waals surface area contributed by atoms with Crippen molar-refractivity contribution in [3.05, 3.63) is 18.2 Å². The van der Waals surface area contributed by atoms with Crippen molar-refractivity contribution >= 4 is 16.1 Å². The highest BCUT2D eigenvalue weighted by Crippen LogP contribution is 2.31. The molecule has 0 radical (unpaired) electrons. The predicted molar refractivity (Wildman–Crippen MR) is 84.7 cm³/mol. The van der Waals surface area contributed by atoms with E-state index in [1.807, 2.05) is 0 Å². The van der Waals surface area contributed by atoms with Gasteiger partial charge in [0.15, 0.2) is 0 Å². The molecule has 1 unspecified atom stereocenters. The number of sulfonamides is 1. The summed E-state index contributed by atoms with van der Waals surface area (Å²) in [4.78, 5) is 13.4. The Hall–Kier alpha value is -2.00. The van der Waals surface area contributed by atoms with Gasteiger partial charge in [0.25, 0.3) is 0 Å². The highest BCUT2D eigenvalue weighted by Gasteiger charge is 2.41. The normalized spacial score (nSPS) is 20.8. The zero-order valence-corrected chi connectivity index (χ0v) is 14.3. The summed E-state index contributed by atoms with van der Waals surface area (Å²) in [6, 6.07) is 4.71. The van der Waals surface area contributed by atoms with Gasteiger partial charge in [-0.15, -0.1) is 0 Å². The van der Waals surface area contributed by atoms with Crippen LogP contribution in [0.2, 0.25) is 0 Å². The maximum absolute atomic E-state index is 12.5. The minimum atomic E-state index is -3.80. The van der Waals surface area contributed by atoms with E-state index in [-0.39, 0.29) is 29.3 Å². The zero-order valence-electron chi connectivity index (χ0n) is 13.5. The van der Waals surface area contributed by atoms with E-state index in [0.29, 0.717) is 12.3 Å². The van der Waals surface area contributed by atoms with Gasteiger partial charge in [0.1, 0.15) is 22.5 Å². The molecule has 24 heavy (non-hydrogen) atoms. The molecule has 1 aliphatic carbocycles. The Bertz CT molecular complexity index is 731. The van der Waals surface area contributed by atoms with E-state index in [2.05, 4.69) is 4.72 Å². The van der Waals surface area contributed by atoms with Gasteiger partial charge in [-0.1, -0.05) is 0 Å². The summed E-state index contributed by atoms with van der Waals surface area (Å²) < 4.78 is 42.9. The molecule has 1 saturated heterocycles. The molecule has 1 heterocycles. The average molecular weight is 356 g/mol. The lowest BCUT2D eigenvalue weighted by atomic mass is 10.3. The molecule has 2 fully saturated rings. The fourth-order valence-electron chi connectivity index (χ4n) is 2.61. The monoisotopic (exact) mass is 356 g/mol. The van der Waals surface area contributed by atoms with Crippen LogP contribution < -0.4 is 14.2 Å². The second kappa shape index (κ2) is 6.48. The quantitative estimate of drug-likeness (QED) is 0.782. The Morgan fingerprint density at radius 3 is 2.67 bits per heavy atom. The van der Waals surface area contributed by atoms with Crippen LogP contribution in [-0.4, -0.2) is 58.9 Å². The summed E-state index contributed by atoms with van der Waals surface area (Å²) in [6.07, 6.45) is 1.11. The van der Waals surface area contributed by atoms with E-state index in [4.69, 9.17) is 14.2 Å². The number of cyclic esters (lactones) is 1. The Balaban J connectivity index is 1.67. The molecular weight excluding hydrogens is 336 g/mol. The van der Waals surface area contributed by atoms with Crippen molar-refractivity contribution in [3.63, 3.8) is 0 Å². The number of nitrogens with one attached hydrogen (secondary N) is 1. The topological polar surface area (TPSA) is 94.2 Å². The van der Waals surface area contributed by atoms with Crippen molar-refractivity contribution in [1.29, 1.82) is 0 Å². The van der Waals surface area contributed by atoms with Crippen molar-refractivity contribution in [2.24, 2.45) is 0 Å². The lowest BCUT2D eigenvalue weighted by Gasteiger charge is -2.14. The maximum Gasteiger partial charge on any atom is 0.410 e. The van der Waals surface area contributed by atoms with Gasteiger partial charge < -0.3 is 19.1 Å². The molecule has 3 rings (SSSR count). The summed E-state index contributed by atoms with van der Waals surface area (Å²) in [6.45, 7) is 0.429. The lowest BCUT2D eigenvalue weighted by molar-refractivity contribution is 0.133. The van der Waals surface area contributed by atoms with Crippen molar-refractivity contribution in [3.8, 4) is 11.5 Å². The van der Waals surface area contributed by atoms with Gasteiger partial charge in [0.05, 0.1) is 20.8 Å². The summed E-state index contributed by atoms with van der Waals surface area (Å²) >= 11 is 0. The van der Waals surface area contributed by atoms with E-state index in [1.54, 1.807) is 11.0 Å². The Morgan fingerprint density at radius 1 is 1.29 bits per heavy atom. The maximum atomic E-state index is 12.5. The van der Waals surface area contributed by atoms with Crippen LogP contribution in [0.5, 0.6) is 11.5 Å². The third kappa shape index (κ3) is 3.41. The van der Waals surface area contributed by atoms with Crippen LogP contribution in [0, 0.1) is 0 Å². The molecule has 9 heteroatoms. The second-order valence-corrected chi connectivity index (χ2v) is 7.49. The number of ether oxygens (including phenoxy) is 3. The summed E-state index contributed by atoms with van der Waals surface area (Å²) in [5, 5.41) is 0. The molecule has 8 nitrogen and oxygen atoms in total. The van der Waals surface area contributed by atoms with Gasteiger partial charge in [-0.05, 0) is 25.0 Å². The molecule has 1 N–H and O–H groups in total. The van der Waals surface area contributed by atoms with Gasteiger partial charge in [-0.2, -0.15) is 0 Å². The number of rotatable bonds is 7. The smallest absolute Gasteiger partial charge is 0.410 e. The zero-order chi connectivity index (χ0) is 17.3. The number of methoxy groups -OCH3 is 2. The van der Waals surface area contributed by atoms with Crippen LogP contribution in [-0.2, 0) is 14.8 Å². The highest BCUT2D eigenvalue weighted by atomic mass is 32.2. The third-order valence-corrected chi connectivity index (χ3v) is 5.51. The Morgan fingerprint density at radius 2 is 2.04 bits per heavy atom. The van der Waals surface area contributed by atoms with Crippen molar-refractivity contribution in [2.45, 2.75) is 29.9 Å². The SMILES string of the molecule is COc1ccc(S(=O)(=O)NCC2CN(C3CC3)C(=O)O2)c(OC)c1. The van der Waals surface area contributed by atoms with E-state index in [9.17, 15) is 13.2 Å². The van der Waals surface area contributed by atoms with E-state index in [0.717, 1.165) is 12.8 Å². The van der Waals surface area contributed by atoms with E-state index >= 15 is 0 Å². The van der Waals surface area contributed by atoms with Crippen LogP contribution in [0.1, 0.15) is 12.8 Å². The number of amides is 1. The molecule has 1 saturated carbocycles. The van der Waals surface area contributed by atoms with E-state index < -0.39 is 16.1 Å². The first kappa shape index (κ1) is 16.8. The van der Waals surface area contributed by atoms with Gasteiger partial charge in [0, 0.05) is 18.7 Å². The van der Waals surface area contributed by atoms with Crippen molar-refractivity contribution in [2.75, 3.05) is 27.3 Å². The number of nitrogens with zero attached hydrogens (tertiary/aromatic N) is 1. The molecule has 1 atom stereocenters. The number of carbonyl (C=O) groups is 1. The summed E-state index contributed by atoms with van der Waals surface area (Å²) in [5.74, 6) is 0.681. The number of hydrogen-bond acceptors (Lipinski definition) is 6. The predicted octanol–water partition coefficient (Wildman–Crippen LogP) is 0.965. The fraction of sp³-hybridized carbons (Fsp3) is 0.533. The van der Waals surface area contributed by atoms with Gasteiger partial charge in [0.2, 0.25) is 10.0 Å². The van der Waals surface area contributed by atoms with Crippen LogP contribution in [0.4, 0.5) is 4.79 Å². The lowest BCUT2D eigenvalue weighted by Crippen LogP contribution is -2.35. The molecule has 0 bridgehead atoms. The molecule has 2 aliphatic rings. The van der Waals surface area contributed by atoms with Crippen LogP contribution >= 0.6 is 0 Å². The first-order valence-electron chi connectivity index (χ1n) is 7.63. The summed E-state index contributed by atoms with van der Waals surface area (Å²) in [7, 11) is -0.919. The third-order valence-electron chi connectivity index (χ3n) is 4.05. The Labute approximate surface area is 140 Å². The first-order chi connectivity index (χ1) is 11.4. The van der Waals surface area contributed by atoms with Gasteiger partial charge >= 0.3 is 6.09 Å². The van der Waals surface area contributed by atoms with E-state index in [1.165, 1.54) is 26.4 Å². The molecule has 132 valence electrons. The molecule has 0 spiro atoms. The molecule has 0 aromatic heterocycles. The molecule has 1 aliphatic heterocycles. The molecule has 1 amide bonds. The number of benzene rings is 1. The summed E-state index contributed by atoms with van der Waals surface area (Å²) in [5.41, 5.74) is 0. The van der Waals surface area contributed by atoms with Crippen LogP contribution in [0.25, 0.3) is 0 Å². The molecular formula is C15H20N2O6S. The first-order valence-corrected chi connectivity index (χ1v) is 9.12. The van der Waals surface area contributed by atoms with Crippen molar-refractivity contribution in [1.82, 2.24) is 9.62 Å². The fourth-order valence-corrected chi connectivity index (χ4v) is 3.82. The van der Waals surface area contributed by atoms with Crippen LogP contribution in [0.15, 0.2) is 23.1 Å². The Kier molecular flexibility index (Phi) is 4.55. The number of hydrogen-bond donors (Lipinski definition) is 1. The highest BCUT2D eigenvalue weighted by molar-refractivity contribution is 7.89. The van der Waals surface area contributed by atoms with Crippen LogP contribution in [0.3, 0.4) is 0 Å². The van der Waals surface area contributed by atoms with Crippen molar-refractivity contribution < 1.29 is 27.4 Å². The largest absolute Gasteiger partial charge is 0.497 e. The van der Waals surface area contributed by atoms with Gasteiger partial charge in [-0.25, -0.2) is 17.9 Å². The molecule has 1 aromatic carbocycles. The average Bonchev–Trinajstić information content (AvgIpc) is 3.35. The molecule has 1 aromatic rings. The standard InChI is InChI=1S/C15H20N2O6S/c1-21-11-5-6-14(13(7-11)22-2)24(19,20)16-8-12-9-17(10-3-4-10)15(18)23-12/h5-7,10,12,16H,3-4,8-9H2,1-2H3.